The second-order valence-electron chi connectivity index (χ2n) is 4.63. The molecule has 2 saturated carbocycles. The van der Waals surface area contributed by atoms with E-state index in [0.29, 0.717) is 6.04 Å². The maximum absolute atomic E-state index is 11.4. The smallest absolute Gasteiger partial charge is 0.317 e. The van der Waals surface area contributed by atoms with Crippen molar-refractivity contribution in [2.45, 2.75) is 31.7 Å². The van der Waals surface area contributed by atoms with E-state index in [9.17, 15) is 4.79 Å². The van der Waals surface area contributed by atoms with E-state index >= 15 is 0 Å². The molecular weight excluding hydrogens is 164 g/mol. The fraction of sp³-hybridized carbons (Fsp3) is 0.900. The zero-order chi connectivity index (χ0) is 9.42. The van der Waals surface area contributed by atoms with Gasteiger partial charge in [-0.2, -0.15) is 0 Å². The highest BCUT2D eigenvalue weighted by molar-refractivity contribution is 5.73. The van der Waals surface area contributed by atoms with Crippen molar-refractivity contribution in [2.24, 2.45) is 11.8 Å². The molecule has 0 spiro atoms. The van der Waals surface area contributed by atoms with Crippen LogP contribution in [0.25, 0.3) is 0 Å². The Labute approximate surface area is 79.5 Å². The summed E-state index contributed by atoms with van der Waals surface area (Å²) in [6.45, 7) is 0. The highest BCUT2D eigenvalue weighted by atomic mass is 16.2. The normalized spacial score (nSPS) is 36.3. The van der Waals surface area contributed by atoms with Crippen molar-refractivity contribution >= 4 is 6.03 Å². The van der Waals surface area contributed by atoms with Crippen LogP contribution in [-0.2, 0) is 0 Å². The van der Waals surface area contributed by atoms with Crippen molar-refractivity contribution in [1.82, 2.24) is 10.2 Å². The van der Waals surface area contributed by atoms with E-state index in [4.69, 9.17) is 0 Å². The van der Waals surface area contributed by atoms with Gasteiger partial charge in [0.05, 0.1) is 0 Å². The number of amides is 2. The number of hydrogen-bond acceptors (Lipinski definition) is 1. The van der Waals surface area contributed by atoms with Crippen LogP contribution < -0.4 is 5.32 Å². The van der Waals surface area contributed by atoms with Crippen LogP contribution in [0.5, 0.6) is 0 Å². The van der Waals surface area contributed by atoms with Crippen LogP contribution in [0.1, 0.15) is 25.7 Å². The summed E-state index contributed by atoms with van der Waals surface area (Å²) < 4.78 is 0. The zero-order valence-electron chi connectivity index (χ0n) is 8.42. The molecule has 0 aromatic carbocycles. The van der Waals surface area contributed by atoms with Crippen molar-refractivity contribution in [1.29, 1.82) is 0 Å². The monoisotopic (exact) mass is 182 g/mol. The van der Waals surface area contributed by atoms with Gasteiger partial charge in [-0.1, -0.05) is 6.42 Å². The Kier molecular flexibility index (Phi) is 2.18. The standard InChI is InChI=1S/C10H18N2O/c1-12(2)10(13)11-9-6-7-3-4-8(9)5-7/h7-9H,3-6H2,1-2H3,(H,11,13). The molecule has 0 saturated heterocycles. The molecule has 0 radical (unpaired) electrons. The van der Waals surface area contributed by atoms with Crippen LogP contribution in [-0.4, -0.2) is 31.1 Å². The summed E-state index contributed by atoms with van der Waals surface area (Å²) in [4.78, 5) is 13.0. The molecule has 0 aliphatic heterocycles. The molecule has 2 rings (SSSR count). The predicted molar refractivity (Wildman–Crippen MR) is 51.5 cm³/mol. The Hall–Kier alpha value is -0.730. The molecule has 3 nitrogen and oxygen atoms in total. The second kappa shape index (κ2) is 3.20. The molecule has 0 aromatic heterocycles. The first-order valence-corrected chi connectivity index (χ1v) is 5.14. The minimum Gasteiger partial charge on any atom is -0.335 e. The lowest BCUT2D eigenvalue weighted by molar-refractivity contribution is 0.207. The predicted octanol–water partition coefficient (Wildman–Crippen LogP) is 1.45. The highest BCUT2D eigenvalue weighted by Crippen LogP contribution is 2.44. The Morgan fingerprint density at radius 2 is 2.08 bits per heavy atom. The average molecular weight is 182 g/mol. The Balaban J connectivity index is 1.86. The van der Waals surface area contributed by atoms with Gasteiger partial charge < -0.3 is 10.2 Å². The van der Waals surface area contributed by atoms with Crippen molar-refractivity contribution in [3.8, 4) is 0 Å². The minimum atomic E-state index is 0.0672. The topological polar surface area (TPSA) is 32.3 Å². The number of hydrogen-bond donors (Lipinski definition) is 1. The largest absolute Gasteiger partial charge is 0.335 e. The van der Waals surface area contributed by atoms with E-state index in [1.54, 1.807) is 19.0 Å². The average Bonchev–Trinajstić information content (AvgIpc) is 2.64. The van der Waals surface area contributed by atoms with E-state index in [2.05, 4.69) is 5.32 Å². The maximum Gasteiger partial charge on any atom is 0.317 e. The molecule has 0 aromatic rings. The number of nitrogens with one attached hydrogen (secondary N) is 1. The van der Waals surface area contributed by atoms with Crippen LogP contribution in [0.2, 0.25) is 0 Å². The van der Waals surface area contributed by atoms with Gasteiger partial charge >= 0.3 is 6.03 Å². The summed E-state index contributed by atoms with van der Waals surface area (Å²) in [5, 5.41) is 3.10. The second-order valence-corrected chi connectivity index (χ2v) is 4.63. The molecular formula is C10H18N2O. The van der Waals surface area contributed by atoms with E-state index < -0.39 is 0 Å². The van der Waals surface area contributed by atoms with E-state index in [0.717, 1.165) is 11.8 Å². The van der Waals surface area contributed by atoms with Gasteiger partial charge in [0, 0.05) is 20.1 Å². The summed E-state index contributed by atoms with van der Waals surface area (Å²) in [5.41, 5.74) is 0. The van der Waals surface area contributed by atoms with Gasteiger partial charge in [0.2, 0.25) is 0 Å². The minimum absolute atomic E-state index is 0.0672. The number of rotatable bonds is 1. The third-order valence-electron chi connectivity index (χ3n) is 3.45. The van der Waals surface area contributed by atoms with Gasteiger partial charge in [-0.15, -0.1) is 0 Å². The first kappa shape index (κ1) is 8.85. The SMILES string of the molecule is CN(C)C(=O)NC1CC2CCC1C2. The van der Waals surface area contributed by atoms with Crippen molar-refractivity contribution < 1.29 is 4.79 Å². The first-order chi connectivity index (χ1) is 6.16. The molecule has 2 aliphatic carbocycles. The summed E-state index contributed by atoms with van der Waals surface area (Å²) in [6, 6.07) is 0.534. The number of carbonyl (C=O) groups is 1. The van der Waals surface area contributed by atoms with Crippen molar-refractivity contribution in [3.05, 3.63) is 0 Å². The number of fused-ring (bicyclic) bond motifs is 2. The Bertz CT molecular complexity index is 215. The van der Waals surface area contributed by atoms with Crippen LogP contribution >= 0.6 is 0 Å². The molecule has 2 fully saturated rings. The molecule has 1 N–H and O–H groups in total. The van der Waals surface area contributed by atoms with Gasteiger partial charge in [-0.3, -0.25) is 0 Å². The molecule has 3 heteroatoms. The first-order valence-electron chi connectivity index (χ1n) is 5.14. The van der Waals surface area contributed by atoms with Crippen LogP contribution in [0.3, 0.4) is 0 Å². The zero-order valence-corrected chi connectivity index (χ0v) is 8.42. The van der Waals surface area contributed by atoms with Gasteiger partial charge in [0.1, 0.15) is 0 Å². The fourth-order valence-corrected chi connectivity index (χ4v) is 2.71. The lowest BCUT2D eigenvalue weighted by Gasteiger charge is -2.24. The molecule has 2 aliphatic rings. The molecule has 0 heterocycles. The molecule has 2 amide bonds. The number of carbonyl (C=O) groups excluding carboxylic acids is 1. The molecule has 13 heavy (non-hydrogen) atoms. The van der Waals surface area contributed by atoms with Gasteiger partial charge in [0.15, 0.2) is 0 Å². The quantitative estimate of drug-likeness (QED) is 0.654. The van der Waals surface area contributed by atoms with E-state index in [1.807, 2.05) is 0 Å². The van der Waals surface area contributed by atoms with Gasteiger partial charge in [0.25, 0.3) is 0 Å². The lowest BCUT2D eigenvalue weighted by Crippen LogP contribution is -2.43. The lowest BCUT2D eigenvalue weighted by atomic mass is 9.95. The number of nitrogens with zero attached hydrogens (tertiary/aromatic N) is 1. The maximum atomic E-state index is 11.4. The summed E-state index contributed by atoms with van der Waals surface area (Å²) in [7, 11) is 3.59. The van der Waals surface area contributed by atoms with Crippen LogP contribution in [0.15, 0.2) is 0 Å². The van der Waals surface area contributed by atoms with Crippen LogP contribution in [0.4, 0.5) is 4.79 Å². The third kappa shape index (κ3) is 1.64. The third-order valence-corrected chi connectivity index (χ3v) is 3.45. The Morgan fingerprint density at radius 3 is 2.54 bits per heavy atom. The number of urea groups is 1. The molecule has 74 valence electrons. The van der Waals surface area contributed by atoms with Crippen LogP contribution in [0, 0.1) is 11.8 Å². The summed E-state index contributed by atoms with van der Waals surface area (Å²) in [5.74, 6) is 1.67. The van der Waals surface area contributed by atoms with E-state index in [1.165, 1.54) is 25.7 Å². The van der Waals surface area contributed by atoms with Crippen molar-refractivity contribution in [2.75, 3.05) is 14.1 Å². The fourth-order valence-electron chi connectivity index (χ4n) is 2.71. The molecule has 3 atom stereocenters. The van der Waals surface area contributed by atoms with Gasteiger partial charge in [-0.25, -0.2) is 4.79 Å². The van der Waals surface area contributed by atoms with Gasteiger partial charge in [-0.05, 0) is 31.1 Å². The summed E-state index contributed by atoms with van der Waals surface area (Å²) >= 11 is 0. The van der Waals surface area contributed by atoms with E-state index in [-0.39, 0.29) is 6.03 Å². The Morgan fingerprint density at radius 1 is 1.31 bits per heavy atom. The molecule has 3 unspecified atom stereocenters. The highest BCUT2D eigenvalue weighted by Gasteiger charge is 2.40. The molecule has 2 bridgehead atoms. The summed E-state index contributed by atoms with van der Waals surface area (Å²) in [6.07, 6.45) is 5.27. The van der Waals surface area contributed by atoms with Crippen molar-refractivity contribution in [3.63, 3.8) is 0 Å².